The minimum atomic E-state index is -0.145. The Morgan fingerprint density at radius 1 is 1.14 bits per heavy atom. The highest BCUT2D eigenvalue weighted by Gasteiger charge is 2.20. The van der Waals surface area contributed by atoms with Crippen molar-refractivity contribution < 1.29 is 9.90 Å². The summed E-state index contributed by atoms with van der Waals surface area (Å²) in [6, 6.07) is 4.90. The molecule has 0 spiro atoms. The standard InChI is InChI=1S/C15H23N3O3/c19-12-4-3-6-16-8-10-17(11-9-16)15(21)13-18-7-2-1-5-14(18)20/h1-2,5,7,19H,3-4,6,8-13H2. The summed E-state index contributed by atoms with van der Waals surface area (Å²) in [5.74, 6) is -0.00157. The molecule has 1 amide bonds. The Hall–Kier alpha value is -1.66. The van der Waals surface area contributed by atoms with Crippen molar-refractivity contribution >= 4 is 5.91 Å². The number of hydrogen-bond acceptors (Lipinski definition) is 4. The van der Waals surface area contributed by atoms with E-state index < -0.39 is 0 Å². The predicted octanol–water partition coefficient (Wildman–Crippen LogP) is -0.235. The van der Waals surface area contributed by atoms with Crippen LogP contribution in [-0.4, -0.2) is 64.7 Å². The van der Waals surface area contributed by atoms with Crippen LogP contribution < -0.4 is 5.56 Å². The van der Waals surface area contributed by atoms with E-state index in [1.165, 1.54) is 10.6 Å². The fourth-order valence-corrected chi connectivity index (χ4v) is 2.51. The lowest BCUT2D eigenvalue weighted by Crippen LogP contribution is -2.50. The molecule has 0 radical (unpaired) electrons. The molecule has 6 heteroatoms. The van der Waals surface area contributed by atoms with Crippen LogP contribution in [-0.2, 0) is 11.3 Å². The van der Waals surface area contributed by atoms with E-state index in [2.05, 4.69) is 4.90 Å². The molecule has 1 aromatic rings. The highest BCUT2D eigenvalue weighted by atomic mass is 16.3. The maximum absolute atomic E-state index is 12.2. The van der Waals surface area contributed by atoms with Crippen LogP contribution in [0.2, 0.25) is 0 Å². The van der Waals surface area contributed by atoms with E-state index in [-0.39, 0.29) is 24.6 Å². The third-order valence-corrected chi connectivity index (χ3v) is 3.81. The number of carbonyl (C=O) groups is 1. The molecule has 21 heavy (non-hydrogen) atoms. The highest BCUT2D eigenvalue weighted by Crippen LogP contribution is 2.04. The number of piperazine rings is 1. The zero-order valence-corrected chi connectivity index (χ0v) is 12.3. The van der Waals surface area contributed by atoms with Crippen molar-refractivity contribution in [1.82, 2.24) is 14.4 Å². The van der Waals surface area contributed by atoms with Gasteiger partial charge in [-0.2, -0.15) is 0 Å². The Bertz CT molecular complexity index is 507. The van der Waals surface area contributed by atoms with Crippen molar-refractivity contribution in [3.63, 3.8) is 0 Å². The fourth-order valence-electron chi connectivity index (χ4n) is 2.51. The van der Waals surface area contributed by atoms with Gasteiger partial charge in [0, 0.05) is 45.0 Å². The van der Waals surface area contributed by atoms with Gasteiger partial charge in [-0.15, -0.1) is 0 Å². The topological polar surface area (TPSA) is 65.8 Å². The molecule has 1 fully saturated rings. The van der Waals surface area contributed by atoms with E-state index in [0.29, 0.717) is 13.1 Å². The normalized spacial score (nSPS) is 16.1. The number of carbonyl (C=O) groups excluding carboxylic acids is 1. The predicted molar refractivity (Wildman–Crippen MR) is 80.0 cm³/mol. The number of nitrogens with zero attached hydrogens (tertiary/aromatic N) is 3. The molecular weight excluding hydrogens is 270 g/mol. The van der Waals surface area contributed by atoms with Crippen molar-refractivity contribution in [3.8, 4) is 0 Å². The van der Waals surface area contributed by atoms with Gasteiger partial charge in [0.25, 0.3) is 5.56 Å². The number of rotatable bonds is 6. The van der Waals surface area contributed by atoms with Crippen molar-refractivity contribution in [2.24, 2.45) is 0 Å². The fraction of sp³-hybridized carbons (Fsp3) is 0.600. The van der Waals surface area contributed by atoms with Crippen molar-refractivity contribution in [2.45, 2.75) is 19.4 Å². The van der Waals surface area contributed by atoms with E-state index in [4.69, 9.17) is 5.11 Å². The zero-order chi connectivity index (χ0) is 15.1. The minimum absolute atomic E-state index is 0.00157. The first-order valence-corrected chi connectivity index (χ1v) is 7.47. The van der Waals surface area contributed by atoms with Crippen molar-refractivity contribution in [1.29, 1.82) is 0 Å². The number of pyridine rings is 1. The molecule has 0 bridgehead atoms. The number of unbranched alkanes of at least 4 members (excludes halogenated alkanes) is 1. The van der Waals surface area contributed by atoms with Crippen LogP contribution in [0.25, 0.3) is 0 Å². The zero-order valence-electron chi connectivity index (χ0n) is 12.3. The summed E-state index contributed by atoms with van der Waals surface area (Å²) in [5, 5.41) is 8.77. The molecular formula is C15H23N3O3. The number of aliphatic hydroxyl groups is 1. The van der Waals surface area contributed by atoms with Crippen LogP contribution in [0.4, 0.5) is 0 Å². The lowest BCUT2D eigenvalue weighted by atomic mass is 10.2. The van der Waals surface area contributed by atoms with Gasteiger partial charge in [0.05, 0.1) is 0 Å². The molecule has 0 aromatic carbocycles. The Morgan fingerprint density at radius 3 is 2.57 bits per heavy atom. The molecule has 1 aliphatic heterocycles. The van der Waals surface area contributed by atoms with Gasteiger partial charge in [0.15, 0.2) is 0 Å². The molecule has 0 aliphatic carbocycles. The molecule has 0 unspecified atom stereocenters. The van der Waals surface area contributed by atoms with Crippen LogP contribution in [0.1, 0.15) is 12.8 Å². The Morgan fingerprint density at radius 2 is 1.90 bits per heavy atom. The van der Waals surface area contributed by atoms with E-state index in [1.54, 1.807) is 18.3 Å². The van der Waals surface area contributed by atoms with Gasteiger partial charge >= 0.3 is 0 Å². The van der Waals surface area contributed by atoms with E-state index in [0.717, 1.165) is 32.5 Å². The maximum atomic E-state index is 12.2. The summed E-state index contributed by atoms with van der Waals surface area (Å²) in [7, 11) is 0. The molecule has 1 saturated heterocycles. The van der Waals surface area contributed by atoms with Crippen LogP contribution >= 0.6 is 0 Å². The number of aromatic nitrogens is 1. The largest absolute Gasteiger partial charge is 0.396 e. The SMILES string of the molecule is O=C(Cn1ccccc1=O)N1CCN(CCCCO)CC1. The summed E-state index contributed by atoms with van der Waals surface area (Å²) >= 11 is 0. The van der Waals surface area contributed by atoms with Gasteiger partial charge in [-0.3, -0.25) is 14.5 Å². The quantitative estimate of drug-likeness (QED) is 0.736. The van der Waals surface area contributed by atoms with Crippen LogP contribution in [0.5, 0.6) is 0 Å². The number of hydrogen-bond donors (Lipinski definition) is 1. The third-order valence-electron chi connectivity index (χ3n) is 3.81. The maximum Gasteiger partial charge on any atom is 0.250 e. The van der Waals surface area contributed by atoms with Gasteiger partial charge in [0.1, 0.15) is 6.54 Å². The minimum Gasteiger partial charge on any atom is -0.396 e. The Balaban J connectivity index is 1.78. The summed E-state index contributed by atoms with van der Waals surface area (Å²) in [5.41, 5.74) is -0.145. The van der Waals surface area contributed by atoms with Crippen molar-refractivity contribution in [3.05, 3.63) is 34.7 Å². The molecule has 2 rings (SSSR count). The molecule has 1 aliphatic rings. The van der Waals surface area contributed by atoms with Gasteiger partial charge < -0.3 is 14.6 Å². The molecule has 116 valence electrons. The van der Waals surface area contributed by atoms with Gasteiger partial charge in [-0.1, -0.05) is 6.07 Å². The van der Waals surface area contributed by atoms with Gasteiger partial charge in [0.2, 0.25) is 5.91 Å². The third kappa shape index (κ3) is 4.68. The lowest BCUT2D eigenvalue weighted by Gasteiger charge is -2.34. The number of amides is 1. The molecule has 6 nitrogen and oxygen atoms in total. The number of aliphatic hydroxyl groups excluding tert-OH is 1. The molecule has 2 heterocycles. The van der Waals surface area contributed by atoms with Crippen molar-refractivity contribution in [2.75, 3.05) is 39.3 Å². The average molecular weight is 293 g/mol. The summed E-state index contributed by atoms with van der Waals surface area (Å²) in [6.07, 6.45) is 3.46. The summed E-state index contributed by atoms with van der Waals surface area (Å²) < 4.78 is 1.44. The molecule has 1 N–H and O–H groups in total. The second kappa shape index (κ2) is 7.95. The van der Waals surface area contributed by atoms with Gasteiger partial charge in [-0.05, 0) is 25.5 Å². The van der Waals surface area contributed by atoms with Gasteiger partial charge in [-0.25, -0.2) is 0 Å². The average Bonchev–Trinajstić information content (AvgIpc) is 2.50. The molecule has 0 atom stereocenters. The Labute approximate surface area is 124 Å². The second-order valence-electron chi connectivity index (χ2n) is 5.32. The first kappa shape index (κ1) is 15.7. The highest BCUT2D eigenvalue weighted by molar-refractivity contribution is 5.76. The Kier molecular flexibility index (Phi) is 5.95. The first-order valence-electron chi connectivity index (χ1n) is 7.47. The lowest BCUT2D eigenvalue weighted by molar-refractivity contribution is -0.133. The van der Waals surface area contributed by atoms with E-state index in [1.807, 2.05) is 4.90 Å². The summed E-state index contributed by atoms with van der Waals surface area (Å²) in [6.45, 7) is 4.47. The first-order chi connectivity index (χ1) is 10.2. The van der Waals surface area contributed by atoms with Crippen LogP contribution in [0.15, 0.2) is 29.2 Å². The summed E-state index contributed by atoms with van der Waals surface area (Å²) in [4.78, 5) is 27.9. The molecule has 0 saturated carbocycles. The smallest absolute Gasteiger partial charge is 0.250 e. The van der Waals surface area contributed by atoms with Crippen LogP contribution in [0, 0.1) is 0 Å². The second-order valence-corrected chi connectivity index (χ2v) is 5.32. The monoisotopic (exact) mass is 293 g/mol. The molecule has 1 aromatic heterocycles. The van der Waals surface area contributed by atoms with E-state index >= 15 is 0 Å². The van der Waals surface area contributed by atoms with E-state index in [9.17, 15) is 9.59 Å². The van der Waals surface area contributed by atoms with Crippen LogP contribution in [0.3, 0.4) is 0 Å².